The van der Waals surface area contributed by atoms with E-state index in [4.69, 9.17) is 5.73 Å². The molecule has 0 radical (unpaired) electrons. The molecule has 1 aromatic rings. The lowest BCUT2D eigenvalue weighted by Crippen LogP contribution is -2.37. The summed E-state index contributed by atoms with van der Waals surface area (Å²) in [6, 6.07) is 8.18. The highest BCUT2D eigenvalue weighted by Gasteiger charge is 2.16. The van der Waals surface area contributed by atoms with E-state index >= 15 is 0 Å². The third-order valence-electron chi connectivity index (χ3n) is 2.38. The van der Waals surface area contributed by atoms with E-state index < -0.39 is 14.2 Å². The quantitative estimate of drug-likeness (QED) is 0.735. The molecule has 0 aliphatic rings. The minimum atomic E-state index is -1.21. The maximum atomic E-state index is 9.51. The predicted octanol–water partition coefficient (Wildman–Crippen LogP) is 1.22. The van der Waals surface area contributed by atoms with E-state index in [1.165, 1.54) is 5.19 Å². The average Bonchev–Trinajstić information content (AvgIpc) is 2.15. The van der Waals surface area contributed by atoms with Crippen LogP contribution in [0.4, 0.5) is 0 Å². The lowest BCUT2D eigenvalue weighted by atomic mass is 10.1. The Balaban J connectivity index is 2.89. The summed E-state index contributed by atoms with van der Waals surface area (Å²) in [6.07, 6.45) is -0.523. The van der Waals surface area contributed by atoms with Crippen LogP contribution in [0.2, 0.25) is 19.6 Å². The van der Waals surface area contributed by atoms with Crippen molar-refractivity contribution >= 4 is 13.3 Å². The van der Waals surface area contributed by atoms with Gasteiger partial charge in [0.1, 0.15) is 0 Å². The second-order valence-electron chi connectivity index (χ2n) is 4.62. The molecule has 2 nitrogen and oxygen atoms in total. The summed E-state index contributed by atoms with van der Waals surface area (Å²) in [5.74, 6) is 0. The molecule has 1 aromatic carbocycles. The summed E-state index contributed by atoms with van der Waals surface area (Å²) in [6.45, 7) is 7.20. The van der Waals surface area contributed by atoms with Gasteiger partial charge in [0.15, 0.2) is 0 Å². The molecule has 3 heteroatoms. The van der Waals surface area contributed by atoms with E-state index in [-0.39, 0.29) is 6.54 Å². The summed E-state index contributed by atoms with van der Waals surface area (Å²) in [7, 11) is -1.21. The van der Waals surface area contributed by atoms with Crippen molar-refractivity contribution in [3.8, 4) is 0 Å². The highest BCUT2D eigenvalue weighted by Crippen LogP contribution is 2.11. The first-order valence-electron chi connectivity index (χ1n) is 4.93. The van der Waals surface area contributed by atoms with Crippen molar-refractivity contribution in [3.05, 3.63) is 29.8 Å². The first-order valence-corrected chi connectivity index (χ1v) is 8.43. The number of aliphatic hydroxyl groups excluding tert-OH is 1. The van der Waals surface area contributed by atoms with Crippen LogP contribution < -0.4 is 10.9 Å². The maximum Gasteiger partial charge on any atom is 0.0912 e. The Hall–Kier alpha value is -0.643. The van der Waals surface area contributed by atoms with Gasteiger partial charge in [-0.3, -0.25) is 0 Å². The number of benzene rings is 1. The van der Waals surface area contributed by atoms with E-state index in [0.717, 1.165) is 5.56 Å². The number of nitrogens with two attached hydrogens (primary N) is 1. The van der Waals surface area contributed by atoms with Gasteiger partial charge < -0.3 is 10.8 Å². The van der Waals surface area contributed by atoms with Crippen LogP contribution in [-0.2, 0) is 0 Å². The molecule has 0 saturated carbocycles. The topological polar surface area (TPSA) is 46.2 Å². The number of aliphatic hydroxyl groups is 1. The zero-order valence-corrected chi connectivity index (χ0v) is 10.1. The van der Waals surface area contributed by atoms with Gasteiger partial charge in [-0.05, 0) is 5.56 Å². The minimum absolute atomic E-state index is 0.284. The van der Waals surface area contributed by atoms with Gasteiger partial charge in [0, 0.05) is 6.54 Å². The van der Waals surface area contributed by atoms with Crippen molar-refractivity contribution in [2.45, 2.75) is 25.7 Å². The monoisotopic (exact) mass is 209 g/mol. The molecule has 0 aliphatic heterocycles. The number of hydrogen-bond acceptors (Lipinski definition) is 2. The molecule has 78 valence electrons. The van der Waals surface area contributed by atoms with Gasteiger partial charge in [0.25, 0.3) is 0 Å². The lowest BCUT2D eigenvalue weighted by Gasteiger charge is -2.17. The van der Waals surface area contributed by atoms with E-state index in [2.05, 4.69) is 31.8 Å². The van der Waals surface area contributed by atoms with Gasteiger partial charge >= 0.3 is 0 Å². The van der Waals surface area contributed by atoms with E-state index in [1.807, 2.05) is 12.1 Å². The molecule has 1 rings (SSSR count). The number of hydrogen-bond donors (Lipinski definition) is 2. The Labute approximate surface area is 86.8 Å². The first-order chi connectivity index (χ1) is 6.45. The molecular formula is C11H19NOSi. The molecule has 3 N–H and O–H groups in total. The minimum Gasteiger partial charge on any atom is -0.387 e. The molecule has 0 heterocycles. The Morgan fingerprint density at radius 1 is 1.21 bits per heavy atom. The van der Waals surface area contributed by atoms with Gasteiger partial charge in [-0.2, -0.15) is 0 Å². The molecule has 1 atom stereocenters. The van der Waals surface area contributed by atoms with E-state index in [1.54, 1.807) is 0 Å². The van der Waals surface area contributed by atoms with Gasteiger partial charge in [-0.25, -0.2) is 0 Å². The van der Waals surface area contributed by atoms with Gasteiger partial charge in [0.2, 0.25) is 0 Å². The second kappa shape index (κ2) is 4.25. The summed E-state index contributed by atoms with van der Waals surface area (Å²) < 4.78 is 0. The van der Waals surface area contributed by atoms with Crippen LogP contribution in [0.3, 0.4) is 0 Å². The number of rotatable bonds is 3. The third-order valence-corrected chi connectivity index (χ3v) is 4.45. The highest BCUT2D eigenvalue weighted by molar-refractivity contribution is 6.88. The Morgan fingerprint density at radius 3 is 2.07 bits per heavy atom. The normalized spacial score (nSPS) is 14.1. The molecule has 0 fully saturated rings. The summed E-state index contributed by atoms with van der Waals surface area (Å²) in [4.78, 5) is 0. The molecule has 0 aromatic heterocycles. The standard InChI is InChI=1S/C11H19NOSi/c1-14(2,3)10-6-4-9(5-7-10)11(13)8-12/h4-7,11,13H,8,12H2,1-3H3. The fraction of sp³-hybridized carbons (Fsp3) is 0.455. The van der Waals surface area contributed by atoms with Crippen LogP contribution in [0, 0.1) is 0 Å². The maximum absolute atomic E-state index is 9.51. The van der Waals surface area contributed by atoms with Crippen molar-refractivity contribution in [2.75, 3.05) is 6.54 Å². The second-order valence-corrected chi connectivity index (χ2v) is 9.70. The van der Waals surface area contributed by atoms with E-state index in [0.29, 0.717) is 0 Å². The van der Waals surface area contributed by atoms with Crippen molar-refractivity contribution < 1.29 is 5.11 Å². The first kappa shape index (κ1) is 11.4. The van der Waals surface area contributed by atoms with Crippen LogP contribution in [0.5, 0.6) is 0 Å². The summed E-state index contributed by atoms with van der Waals surface area (Å²) >= 11 is 0. The van der Waals surface area contributed by atoms with Gasteiger partial charge in [-0.15, -0.1) is 0 Å². The largest absolute Gasteiger partial charge is 0.387 e. The third kappa shape index (κ3) is 2.67. The van der Waals surface area contributed by atoms with Crippen molar-refractivity contribution in [1.29, 1.82) is 0 Å². The molecule has 1 unspecified atom stereocenters. The molecule has 0 bridgehead atoms. The zero-order valence-electron chi connectivity index (χ0n) is 9.12. The zero-order chi connectivity index (χ0) is 10.8. The fourth-order valence-electron chi connectivity index (χ4n) is 1.34. The van der Waals surface area contributed by atoms with Crippen molar-refractivity contribution in [1.82, 2.24) is 0 Å². The van der Waals surface area contributed by atoms with Crippen molar-refractivity contribution in [3.63, 3.8) is 0 Å². The van der Waals surface area contributed by atoms with Gasteiger partial charge in [-0.1, -0.05) is 49.1 Å². The van der Waals surface area contributed by atoms with Crippen LogP contribution >= 0.6 is 0 Å². The molecular weight excluding hydrogens is 190 g/mol. The Bertz CT molecular complexity index is 289. The van der Waals surface area contributed by atoms with Crippen LogP contribution in [0.15, 0.2) is 24.3 Å². The Morgan fingerprint density at radius 2 is 1.71 bits per heavy atom. The predicted molar refractivity (Wildman–Crippen MR) is 63.4 cm³/mol. The molecule has 0 aliphatic carbocycles. The smallest absolute Gasteiger partial charge is 0.0912 e. The lowest BCUT2D eigenvalue weighted by molar-refractivity contribution is 0.187. The van der Waals surface area contributed by atoms with Crippen molar-refractivity contribution in [2.24, 2.45) is 5.73 Å². The van der Waals surface area contributed by atoms with Crippen LogP contribution in [0.1, 0.15) is 11.7 Å². The van der Waals surface area contributed by atoms with E-state index in [9.17, 15) is 5.11 Å². The fourth-order valence-corrected chi connectivity index (χ4v) is 2.51. The molecule has 0 amide bonds. The molecule has 0 spiro atoms. The van der Waals surface area contributed by atoms with Crippen LogP contribution in [0.25, 0.3) is 0 Å². The average molecular weight is 209 g/mol. The van der Waals surface area contributed by atoms with Crippen LogP contribution in [-0.4, -0.2) is 19.7 Å². The molecule has 0 saturated heterocycles. The Kier molecular flexibility index (Phi) is 3.47. The summed E-state index contributed by atoms with van der Waals surface area (Å²) in [5, 5.41) is 10.9. The SMILES string of the molecule is C[Si](C)(C)c1ccc(C(O)CN)cc1. The van der Waals surface area contributed by atoms with Gasteiger partial charge in [0.05, 0.1) is 14.2 Å². The molecule has 14 heavy (non-hydrogen) atoms. The highest BCUT2D eigenvalue weighted by atomic mass is 28.3. The summed E-state index contributed by atoms with van der Waals surface area (Å²) in [5.41, 5.74) is 6.30.